The average molecular weight is 307 g/mol. The molecule has 0 amide bonds. The van der Waals surface area contributed by atoms with Gasteiger partial charge in [0.1, 0.15) is 0 Å². The highest BCUT2D eigenvalue weighted by molar-refractivity contribution is 9.10. The molecule has 6 heteroatoms. The fourth-order valence-electron chi connectivity index (χ4n) is 1.25. The maximum absolute atomic E-state index is 13.8. The third-order valence-electron chi connectivity index (χ3n) is 2.18. The number of thioether (sulfide) groups is 1. The number of ether oxygens (including phenoxy) is 1. The molecule has 86 valence electrons. The fourth-order valence-corrected chi connectivity index (χ4v) is 2.94. The van der Waals surface area contributed by atoms with Crippen LogP contribution in [0.2, 0.25) is 0 Å². The van der Waals surface area contributed by atoms with Crippen LogP contribution in [0.25, 0.3) is 0 Å². The van der Waals surface area contributed by atoms with Gasteiger partial charge in [-0.15, -0.1) is 11.8 Å². The monoisotopic (exact) mass is 306 g/mol. The lowest BCUT2D eigenvalue weighted by Gasteiger charge is -2.25. The summed E-state index contributed by atoms with van der Waals surface area (Å²) in [5.74, 6) is -1.66. The number of benzene rings is 1. The van der Waals surface area contributed by atoms with Crippen molar-refractivity contribution >= 4 is 33.7 Å². The molecule has 1 heterocycles. The third kappa shape index (κ3) is 2.23. The molecule has 0 aliphatic carbocycles. The van der Waals surface area contributed by atoms with Gasteiger partial charge < -0.3 is 9.84 Å². The van der Waals surface area contributed by atoms with Gasteiger partial charge in [-0.25, -0.2) is 9.18 Å². The Hall–Kier alpha value is -0.590. The Bertz CT molecular complexity index is 434. The number of carbonyl (C=O) groups is 1. The predicted molar refractivity (Wildman–Crippen MR) is 61.5 cm³/mol. The number of carboxylic acid groups (broad SMARTS) is 1. The number of aromatic carboxylic acids is 1. The lowest BCUT2D eigenvalue weighted by Crippen LogP contribution is -2.30. The lowest BCUT2D eigenvalue weighted by atomic mass is 10.2. The molecule has 1 aliphatic rings. The molecule has 2 rings (SSSR count). The molecule has 1 aromatic carbocycles. The summed E-state index contributed by atoms with van der Waals surface area (Å²) in [5.41, 5.74) is -0.0632. The molecule has 1 N–H and O–H groups in total. The van der Waals surface area contributed by atoms with E-state index in [0.717, 1.165) is 0 Å². The van der Waals surface area contributed by atoms with Crippen LogP contribution in [0.4, 0.5) is 4.39 Å². The summed E-state index contributed by atoms with van der Waals surface area (Å²) in [4.78, 5) is 11.2. The van der Waals surface area contributed by atoms with Crippen molar-refractivity contribution in [2.45, 2.75) is 10.1 Å². The van der Waals surface area contributed by atoms with Crippen molar-refractivity contribution in [3.63, 3.8) is 0 Å². The third-order valence-corrected chi connectivity index (χ3v) is 4.13. The topological polar surface area (TPSA) is 46.5 Å². The van der Waals surface area contributed by atoms with Gasteiger partial charge in [0.25, 0.3) is 0 Å². The van der Waals surface area contributed by atoms with E-state index in [-0.39, 0.29) is 15.3 Å². The van der Waals surface area contributed by atoms with E-state index in [4.69, 9.17) is 9.84 Å². The molecule has 1 saturated heterocycles. The zero-order valence-electron chi connectivity index (χ0n) is 8.07. The van der Waals surface area contributed by atoms with Gasteiger partial charge in [0.2, 0.25) is 0 Å². The van der Waals surface area contributed by atoms with Crippen LogP contribution in [-0.2, 0) is 4.74 Å². The highest BCUT2D eigenvalue weighted by Gasteiger charge is 2.23. The quantitative estimate of drug-likeness (QED) is 0.933. The van der Waals surface area contributed by atoms with E-state index in [0.29, 0.717) is 18.1 Å². The van der Waals surface area contributed by atoms with Crippen molar-refractivity contribution in [3.05, 3.63) is 28.0 Å². The second-order valence-electron chi connectivity index (χ2n) is 3.32. The highest BCUT2D eigenvalue weighted by Crippen LogP contribution is 2.34. The molecule has 0 saturated carbocycles. The van der Waals surface area contributed by atoms with Crippen LogP contribution < -0.4 is 0 Å². The number of carboxylic acids is 1. The summed E-state index contributed by atoms with van der Waals surface area (Å²) in [5, 5.41) is 9.06. The van der Waals surface area contributed by atoms with Gasteiger partial charge in [0.05, 0.1) is 28.5 Å². The Kier molecular flexibility index (Phi) is 3.51. The first kappa shape index (κ1) is 11.9. The molecule has 16 heavy (non-hydrogen) atoms. The van der Waals surface area contributed by atoms with Gasteiger partial charge >= 0.3 is 5.97 Å². The fraction of sp³-hybridized carbons (Fsp3) is 0.300. The standard InChI is InChI=1S/C10H8BrFO3S/c11-8-6(10(13)14)1-2-7(9(8)12)16-5-3-15-4-5/h1-2,5H,3-4H2,(H,13,14). The van der Waals surface area contributed by atoms with E-state index < -0.39 is 11.8 Å². The molecule has 0 aromatic heterocycles. The molecule has 3 nitrogen and oxygen atoms in total. The Labute approximate surface area is 104 Å². The van der Waals surface area contributed by atoms with Crippen molar-refractivity contribution < 1.29 is 19.0 Å². The van der Waals surface area contributed by atoms with Gasteiger partial charge in [-0.2, -0.15) is 0 Å². The molecule has 0 spiro atoms. The Morgan fingerprint density at radius 1 is 1.56 bits per heavy atom. The van der Waals surface area contributed by atoms with Crippen LogP contribution in [0.3, 0.4) is 0 Å². The largest absolute Gasteiger partial charge is 0.478 e. The van der Waals surface area contributed by atoms with Gasteiger partial charge in [-0.05, 0) is 28.1 Å². The van der Waals surface area contributed by atoms with Crippen molar-refractivity contribution in [3.8, 4) is 0 Å². The normalized spacial score (nSPS) is 15.9. The van der Waals surface area contributed by atoms with Crippen LogP contribution in [0.15, 0.2) is 21.5 Å². The molecule has 1 fully saturated rings. The van der Waals surface area contributed by atoms with Gasteiger partial charge in [0.15, 0.2) is 5.82 Å². The van der Waals surface area contributed by atoms with E-state index in [1.165, 1.54) is 23.9 Å². The molecular weight excluding hydrogens is 299 g/mol. The van der Waals surface area contributed by atoms with E-state index in [1.807, 2.05) is 0 Å². The Morgan fingerprint density at radius 2 is 2.25 bits per heavy atom. The first-order valence-corrected chi connectivity index (χ1v) is 6.22. The molecule has 0 unspecified atom stereocenters. The first-order chi connectivity index (χ1) is 7.59. The molecule has 0 atom stereocenters. The summed E-state index contributed by atoms with van der Waals surface area (Å²) in [7, 11) is 0. The Balaban J connectivity index is 2.26. The Morgan fingerprint density at radius 3 is 2.75 bits per heavy atom. The highest BCUT2D eigenvalue weighted by atomic mass is 79.9. The second kappa shape index (κ2) is 4.73. The van der Waals surface area contributed by atoms with E-state index in [1.54, 1.807) is 0 Å². The van der Waals surface area contributed by atoms with Crippen molar-refractivity contribution in [2.75, 3.05) is 13.2 Å². The zero-order valence-corrected chi connectivity index (χ0v) is 10.5. The van der Waals surface area contributed by atoms with Crippen molar-refractivity contribution in [1.82, 2.24) is 0 Å². The molecule has 0 radical (unpaired) electrons. The van der Waals surface area contributed by atoms with Gasteiger partial charge in [-0.3, -0.25) is 0 Å². The van der Waals surface area contributed by atoms with E-state index in [9.17, 15) is 9.18 Å². The maximum atomic E-state index is 13.8. The maximum Gasteiger partial charge on any atom is 0.336 e. The summed E-state index contributed by atoms with van der Waals surface area (Å²) >= 11 is 4.33. The molecule has 0 bridgehead atoms. The molecular formula is C10H8BrFO3S. The summed E-state index contributed by atoms with van der Waals surface area (Å²) in [6, 6.07) is 2.89. The predicted octanol–water partition coefficient (Wildman–Crippen LogP) is 2.78. The minimum absolute atomic E-state index is 0.00485. The minimum atomic E-state index is -1.14. The van der Waals surface area contributed by atoms with Crippen LogP contribution in [0.1, 0.15) is 10.4 Å². The van der Waals surface area contributed by atoms with Crippen LogP contribution in [0.5, 0.6) is 0 Å². The van der Waals surface area contributed by atoms with Crippen molar-refractivity contribution in [2.24, 2.45) is 0 Å². The zero-order chi connectivity index (χ0) is 11.7. The SMILES string of the molecule is O=C(O)c1ccc(SC2COC2)c(F)c1Br. The molecule has 1 aromatic rings. The van der Waals surface area contributed by atoms with Gasteiger partial charge in [-0.1, -0.05) is 0 Å². The average Bonchev–Trinajstić information content (AvgIpc) is 2.17. The van der Waals surface area contributed by atoms with E-state index in [2.05, 4.69) is 15.9 Å². The smallest absolute Gasteiger partial charge is 0.336 e. The summed E-state index contributed by atoms with van der Waals surface area (Å²) < 4.78 is 18.8. The van der Waals surface area contributed by atoms with Crippen molar-refractivity contribution in [1.29, 1.82) is 0 Å². The first-order valence-electron chi connectivity index (χ1n) is 4.55. The van der Waals surface area contributed by atoms with Crippen LogP contribution >= 0.6 is 27.7 Å². The number of hydrogen-bond donors (Lipinski definition) is 1. The number of rotatable bonds is 3. The van der Waals surface area contributed by atoms with Gasteiger partial charge in [0, 0.05) is 4.90 Å². The number of hydrogen-bond acceptors (Lipinski definition) is 3. The number of halogens is 2. The van der Waals surface area contributed by atoms with Crippen LogP contribution in [0, 0.1) is 5.82 Å². The van der Waals surface area contributed by atoms with E-state index >= 15 is 0 Å². The molecule has 1 aliphatic heterocycles. The minimum Gasteiger partial charge on any atom is -0.478 e. The van der Waals surface area contributed by atoms with Crippen LogP contribution in [-0.4, -0.2) is 29.5 Å². The lowest BCUT2D eigenvalue weighted by molar-refractivity contribution is 0.0455. The second-order valence-corrected chi connectivity index (χ2v) is 5.46. The summed E-state index contributed by atoms with van der Waals surface area (Å²) in [6.45, 7) is 1.23. The summed E-state index contributed by atoms with van der Waals surface area (Å²) in [6.07, 6.45) is 0.